The molecule has 188 valence electrons. The van der Waals surface area contributed by atoms with E-state index in [-0.39, 0.29) is 17.4 Å². The van der Waals surface area contributed by atoms with Crippen LogP contribution in [-0.2, 0) is 4.79 Å². The number of nitrogens with one attached hydrogen (secondary N) is 1. The first-order chi connectivity index (χ1) is 17.7. The van der Waals surface area contributed by atoms with Crippen LogP contribution in [0.2, 0.25) is 0 Å². The van der Waals surface area contributed by atoms with Crippen LogP contribution in [0.4, 0.5) is 5.69 Å². The summed E-state index contributed by atoms with van der Waals surface area (Å²) in [5.74, 6) is 1.55. The van der Waals surface area contributed by atoms with Crippen molar-refractivity contribution in [3.63, 3.8) is 0 Å². The van der Waals surface area contributed by atoms with E-state index in [1.807, 2.05) is 24.3 Å². The zero-order valence-corrected chi connectivity index (χ0v) is 22.1. The number of benzene rings is 3. The summed E-state index contributed by atoms with van der Waals surface area (Å²) in [6.07, 6.45) is 8.92. The molecule has 1 saturated heterocycles. The van der Waals surface area contributed by atoms with Crippen molar-refractivity contribution >= 4 is 40.2 Å². The van der Waals surface area contributed by atoms with E-state index in [1.165, 1.54) is 19.3 Å². The van der Waals surface area contributed by atoms with Crippen LogP contribution in [0, 0.1) is 5.92 Å². The van der Waals surface area contributed by atoms with Crippen LogP contribution < -0.4 is 10.1 Å². The number of rotatable bonds is 8. The Labute approximate surface area is 219 Å². The number of amides is 1. The monoisotopic (exact) mass is 500 g/mol. The summed E-state index contributed by atoms with van der Waals surface area (Å²) in [4.78, 5) is 16.8. The number of thioether (sulfide) groups is 1. The van der Waals surface area contributed by atoms with Gasteiger partial charge in [-0.3, -0.25) is 4.79 Å². The van der Waals surface area contributed by atoms with Gasteiger partial charge in [-0.05, 0) is 60.4 Å². The molecule has 1 saturated carbocycles. The maximum Gasteiger partial charge on any atom is 0.262 e. The van der Waals surface area contributed by atoms with Crippen LogP contribution in [0.3, 0.4) is 0 Å². The zero-order chi connectivity index (χ0) is 24.9. The average Bonchev–Trinajstić information content (AvgIpc) is 3.20. The molecule has 5 heteroatoms. The van der Waals surface area contributed by atoms with E-state index in [2.05, 4.69) is 72.6 Å². The van der Waals surface area contributed by atoms with Crippen LogP contribution >= 0.6 is 11.8 Å². The molecule has 0 aromatic heterocycles. The lowest BCUT2D eigenvalue weighted by molar-refractivity contribution is -0.129. The van der Waals surface area contributed by atoms with Crippen LogP contribution in [0.25, 0.3) is 16.8 Å². The Morgan fingerprint density at radius 1 is 1.00 bits per heavy atom. The van der Waals surface area contributed by atoms with Crippen LogP contribution in [0.15, 0.2) is 71.6 Å². The topological polar surface area (TPSA) is 41.6 Å². The summed E-state index contributed by atoms with van der Waals surface area (Å²) in [5.41, 5.74) is 1.98. The van der Waals surface area contributed by atoms with Gasteiger partial charge in [0.25, 0.3) is 5.91 Å². The summed E-state index contributed by atoms with van der Waals surface area (Å²) >= 11 is 1.64. The number of para-hydroxylation sites is 1. The third-order valence-electron chi connectivity index (χ3n) is 7.38. The van der Waals surface area contributed by atoms with E-state index in [0.717, 1.165) is 58.5 Å². The standard InChI is InChI=1S/C31H36N2O2S/c1-3-4-20-35-28-19-18-23(25-15-9-10-16-26(25)28)21-29-30(34)33(27-17-11-8-12-22(27)2)31(36-29)32-24-13-6-5-7-14-24/h5-7,9-10,13-16,18-19,21-22,27,31-32H,3-4,8,11-12,17,20H2,1-2H3/b29-21-/t22-,27-,31?/m0/s1. The fourth-order valence-corrected chi connectivity index (χ4v) is 6.58. The minimum Gasteiger partial charge on any atom is -0.493 e. The Bertz CT molecular complexity index is 1230. The largest absolute Gasteiger partial charge is 0.493 e. The van der Waals surface area contributed by atoms with Crippen LogP contribution in [-0.4, -0.2) is 29.0 Å². The van der Waals surface area contributed by atoms with Crippen molar-refractivity contribution in [3.05, 3.63) is 77.2 Å². The number of carbonyl (C=O) groups is 1. The number of anilines is 1. The van der Waals surface area contributed by atoms with E-state index in [1.54, 1.807) is 11.8 Å². The number of fused-ring (bicyclic) bond motifs is 1. The van der Waals surface area contributed by atoms with Gasteiger partial charge in [0.1, 0.15) is 5.75 Å². The highest BCUT2D eigenvalue weighted by Crippen LogP contribution is 2.43. The molecule has 3 atom stereocenters. The third kappa shape index (κ3) is 5.27. The molecule has 1 aliphatic heterocycles. The lowest BCUT2D eigenvalue weighted by Gasteiger charge is -2.39. The van der Waals surface area contributed by atoms with E-state index in [9.17, 15) is 4.79 Å². The fraction of sp³-hybridized carbons (Fsp3) is 0.387. The minimum atomic E-state index is -0.111. The highest BCUT2D eigenvalue weighted by atomic mass is 32.2. The summed E-state index contributed by atoms with van der Waals surface area (Å²) in [5, 5.41) is 5.85. The number of carbonyl (C=O) groups excluding carboxylic acids is 1. The lowest BCUT2D eigenvalue weighted by atomic mass is 9.85. The highest BCUT2D eigenvalue weighted by Gasteiger charge is 2.42. The Morgan fingerprint density at radius 2 is 1.75 bits per heavy atom. The molecule has 1 heterocycles. The van der Waals surface area contributed by atoms with Gasteiger partial charge in [0.05, 0.1) is 11.5 Å². The van der Waals surface area contributed by atoms with Gasteiger partial charge < -0.3 is 15.0 Å². The first-order valence-electron chi connectivity index (χ1n) is 13.3. The molecule has 0 radical (unpaired) electrons. The molecule has 0 bridgehead atoms. The quantitative estimate of drug-likeness (QED) is 0.252. The zero-order valence-electron chi connectivity index (χ0n) is 21.3. The third-order valence-corrected chi connectivity index (χ3v) is 8.50. The molecule has 3 aromatic carbocycles. The first-order valence-corrected chi connectivity index (χ1v) is 14.2. The normalized spacial score (nSPS) is 23.4. The summed E-state index contributed by atoms with van der Waals surface area (Å²) < 4.78 is 6.09. The van der Waals surface area contributed by atoms with Crippen molar-refractivity contribution < 1.29 is 9.53 Å². The number of unbranched alkanes of at least 4 members (excludes halogenated alkanes) is 1. The van der Waals surface area contributed by atoms with Gasteiger partial charge in [-0.2, -0.15) is 0 Å². The second kappa shape index (κ2) is 11.4. The molecule has 1 N–H and O–H groups in total. The Kier molecular flexibility index (Phi) is 7.86. The molecular weight excluding hydrogens is 464 g/mol. The average molecular weight is 501 g/mol. The van der Waals surface area contributed by atoms with E-state index < -0.39 is 0 Å². The molecule has 4 nitrogen and oxygen atoms in total. The van der Waals surface area contributed by atoms with E-state index in [4.69, 9.17) is 4.74 Å². The van der Waals surface area contributed by atoms with Crippen LogP contribution in [0.5, 0.6) is 5.75 Å². The fourth-order valence-electron chi connectivity index (χ4n) is 5.38. The van der Waals surface area contributed by atoms with E-state index in [0.29, 0.717) is 5.92 Å². The molecule has 1 unspecified atom stereocenters. The highest BCUT2D eigenvalue weighted by molar-refractivity contribution is 8.05. The van der Waals surface area contributed by atoms with Crippen molar-refractivity contribution in [1.82, 2.24) is 4.90 Å². The Morgan fingerprint density at radius 3 is 2.53 bits per heavy atom. The smallest absolute Gasteiger partial charge is 0.262 e. The van der Waals surface area contributed by atoms with Crippen molar-refractivity contribution in [1.29, 1.82) is 0 Å². The van der Waals surface area contributed by atoms with Gasteiger partial charge in [-0.1, -0.05) is 93.4 Å². The maximum atomic E-state index is 13.9. The summed E-state index contributed by atoms with van der Waals surface area (Å²) in [7, 11) is 0. The summed E-state index contributed by atoms with van der Waals surface area (Å²) in [6.45, 7) is 5.19. The van der Waals surface area contributed by atoms with Gasteiger partial charge in [-0.25, -0.2) is 0 Å². The van der Waals surface area contributed by atoms with Crippen molar-refractivity contribution in [2.45, 2.75) is 63.9 Å². The van der Waals surface area contributed by atoms with Gasteiger partial charge in [-0.15, -0.1) is 0 Å². The SMILES string of the molecule is CCCCOc1ccc(/C=C2\SC(Nc3ccccc3)N([C@H]3CCCC[C@@H]3C)C2=O)c2ccccc12. The van der Waals surface area contributed by atoms with Crippen molar-refractivity contribution in [2.24, 2.45) is 5.92 Å². The predicted molar refractivity (Wildman–Crippen MR) is 152 cm³/mol. The number of nitrogens with zero attached hydrogens (tertiary/aromatic N) is 1. The van der Waals surface area contributed by atoms with Gasteiger partial charge in [0, 0.05) is 17.1 Å². The first kappa shape index (κ1) is 24.8. The Hall–Kier alpha value is -2.92. The molecule has 3 aromatic rings. The number of hydrogen-bond acceptors (Lipinski definition) is 4. The Balaban J connectivity index is 1.48. The maximum absolute atomic E-state index is 13.9. The van der Waals surface area contributed by atoms with Crippen molar-refractivity contribution in [2.75, 3.05) is 11.9 Å². The van der Waals surface area contributed by atoms with Gasteiger partial charge >= 0.3 is 0 Å². The van der Waals surface area contributed by atoms with Gasteiger partial charge in [0.15, 0.2) is 5.50 Å². The molecule has 1 amide bonds. The minimum absolute atomic E-state index is 0.111. The second-order valence-corrected chi connectivity index (χ2v) is 11.1. The van der Waals surface area contributed by atoms with Gasteiger partial charge in [0.2, 0.25) is 0 Å². The molecule has 5 rings (SSSR count). The lowest BCUT2D eigenvalue weighted by Crippen LogP contribution is -2.48. The summed E-state index contributed by atoms with van der Waals surface area (Å²) in [6, 6.07) is 23.0. The number of hydrogen-bond donors (Lipinski definition) is 1. The van der Waals surface area contributed by atoms with E-state index >= 15 is 0 Å². The molecule has 0 spiro atoms. The molecule has 1 aliphatic carbocycles. The molecule has 2 aliphatic rings. The van der Waals surface area contributed by atoms with Crippen molar-refractivity contribution in [3.8, 4) is 5.75 Å². The number of ether oxygens (including phenoxy) is 1. The molecule has 36 heavy (non-hydrogen) atoms. The second-order valence-electron chi connectivity index (χ2n) is 9.93. The molecular formula is C31H36N2O2S. The predicted octanol–water partition coefficient (Wildman–Crippen LogP) is 7.91. The van der Waals surface area contributed by atoms with Crippen LogP contribution in [0.1, 0.15) is 57.9 Å². The molecule has 2 fully saturated rings.